The molecule has 4 rings (SSSR count). The molecule has 10 heteroatoms. The van der Waals surface area contributed by atoms with Crippen LogP contribution in [0.4, 0.5) is 22.0 Å². The molecule has 1 aliphatic heterocycles. The van der Waals surface area contributed by atoms with Gasteiger partial charge in [0.1, 0.15) is 11.4 Å². The molecule has 0 atom stereocenters. The van der Waals surface area contributed by atoms with Crippen LogP contribution in [0.2, 0.25) is 0 Å². The van der Waals surface area contributed by atoms with Crippen LogP contribution in [-0.4, -0.2) is 15.8 Å². The van der Waals surface area contributed by atoms with E-state index in [0.29, 0.717) is 23.3 Å². The zero-order valence-electron chi connectivity index (χ0n) is 16.8. The summed E-state index contributed by atoms with van der Waals surface area (Å²) in [6.07, 6.45) is -3.34. The van der Waals surface area contributed by atoms with Gasteiger partial charge < -0.3 is 9.64 Å². The molecule has 0 N–H and O–H groups in total. The summed E-state index contributed by atoms with van der Waals surface area (Å²) in [5.41, 5.74) is 0.0936. The zero-order valence-corrected chi connectivity index (χ0v) is 16.8. The van der Waals surface area contributed by atoms with E-state index in [0.717, 1.165) is 6.07 Å². The van der Waals surface area contributed by atoms with Crippen LogP contribution < -0.4 is 4.74 Å². The van der Waals surface area contributed by atoms with Gasteiger partial charge in [0.2, 0.25) is 5.88 Å². The Bertz CT molecular complexity index is 1280. The van der Waals surface area contributed by atoms with Gasteiger partial charge >= 0.3 is 6.18 Å². The van der Waals surface area contributed by atoms with Gasteiger partial charge in [-0.05, 0) is 41.5 Å². The summed E-state index contributed by atoms with van der Waals surface area (Å²) in [6.45, 7) is 0.0438. The van der Waals surface area contributed by atoms with Gasteiger partial charge in [-0.2, -0.15) is 18.4 Å². The molecule has 0 fully saturated rings. The number of amides is 1. The van der Waals surface area contributed by atoms with E-state index in [9.17, 15) is 26.7 Å². The van der Waals surface area contributed by atoms with E-state index in [2.05, 4.69) is 4.98 Å². The van der Waals surface area contributed by atoms with Crippen LogP contribution in [0.15, 0.2) is 48.7 Å². The van der Waals surface area contributed by atoms with E-state index < -0.39 is 35.0 Å². The van der Waals surface area contributed by atoms with Crippen LogP contribution in [0, 0.1) is 23.0 Å². The largest absolute Gasteiger partial charge is 0.435 e. The lowest BCUT2D eigenvalue weighted by Crippen LogP contribution is -2.24. The van der Waals surface area contributed by atoms with Crippen LogP contribution in [-0.2, 0) is 25.7 Å². The highest BCUT2D eigenvalue weighted by Crippen LogP contribution is 2.36. The lowest BCUT2D eigenvalue weighted by Gasteiger charge is -2.16. The first kappa shape index (κ1) is 22.2. The number of ether oxygens (including phenoxy) is 1. The minimum atomic E-state index is -4.72. The van der Waals surface area contributed by atoms with Crippen molar-refractivity contribution in [1.82, 2.24) is 9.88 Å². The minimum Gasteiger partial charge on any atom is -0.435 e. The highest BCUT2D eigenvalue weighted by Gasteiger charge is 2.34. The monoisotopic (exact) mass is 459 g/mol. The topological polar surface area (TPSA) is 66.2 Å². The molecule has 2 aromatic carbocycles. The average molecular weight is 459 g/mol. The molecule has 0 aliphatic carbocycles. The molecule has 0 saturated heterocycles. The zero-order chi connectivity index (χ0) is 23.8. The number of aromatic nitrogens is 1. The Hall–Kier alpha value is -4.00. The number of benzene rings is 2. The summed E-state index contributed by atoms with van der Waals surface area (Å²) in [4.78, 5) is 18.2. The summed E-state index contributed by atoms with van der Waals surface area (Å²) in [5, 5.41) is 8.73. The molecule has 168 valence electrons. The third kappa shape index (κ3) is 4.48. The normalized spacial score (nSPS) is 13.1. The van der Waals surface area contributed by atoms with E-state index >= 15 is 0 Å². The fourth-order valence-electron chi connectivity index (χ4n) is 3.47. The maximum absolute atomic E-state index is 14.4. The molecule has 0 saturated carbocycles. The van der Waals surface area contributed by atoms with Gasteiger partial charge in [-0.15, -0.1) is 0 Å². The molecular formula is C23H14F5N3O2. The van der Waals surface area contributed by atoms with E-state index in [4.69, 9.17) is 10.00 Å². The molecule has 0 radical (unpaired) electrons. The third-order valence-corrected chi connectivity index (χ3v) is 5.09. The van der Waals surface area contributed by atoms with Gasteiger partial charge in [0, 0.05) is 24.8 Å². The Morgan fingerprint density at radius 3 is 2.55 bits per heavy atom. The maximum Gasteiger partial charge on any atom is 0.416 e. The summed E-state index contributed by atoms with van der Waals surface area (Å²) in [5.74, 6) is -3.14. The van der Waals surface area contributed by atoms with Crippen molar-refractivity contribution in [3.05, 3.63) is 88.1 Å². The number of halogens is 5. The Labute approximate surface area is 184 Å². The minimum absolute atomic E-state index is 0.0262. The molecule has 1 aliphatic rings. The smallest absolute Gasteiger partial charge is 0.416 e. The Balaban J connectivity index is 1.57. The molecule has 1 aromatic heterocycles. The average Bonchev–Trinajstić information content (AvgIpc) is 3.07. The predicted molar refractivity (Wildman–Crippen MR) is 105 cm³/mol. The summed E-state index contributed by atoms with van der Waals surface area (Å²) in [7, 11) is 0. The number of pyridine rings is 1. The van der Waals surface area contributed by atoms with Crippen LogP contribution in [0.3, 0.4) is 0 Å². The van der Waals surface area contributed by atoms with E-state index in [1.165, 1.54) is 23.2 Å². The number of fused-ring (bicyclic) bond motifs is 1. The molecule has 0 bridgehead atoms. The van der Waals surface area contributed by atoms with Crippen LogP contribution in [0.25, 0.3) is 0 Å². The third-order valence-electron chi connectivity index (χ3n) is 5.09. The number of carbonyl (C=O) groups excluding carboxylic acids is 1. The maximum atomic E-state index is 14.4. The number of nitrogens with zero attached hydrogens (tertiary/aromatic N) is 3. The number of hydrogen-bond donors (Lipinski definition) is 0. The predicted octanol–water partition coefficient (Wildman–Crippen LogP) is 5.39. The standard InChI is InChI=1S/C23H14F5N3O2/c24-17-9-13(5-7-29)1-2-14(17)11-31-12-15-6-8-30-21(20(15)22(31)32)33-19-4-3-16(10-18(19)25)23(26,27)28/h1-4,6,8-10H,5,11-12H2. The summed E-state index contributed by atoms with van der Waals surface area (Å²) < 4.78 is 72.2. The van der Waals surface area contributed by atoms with E-state index in [1.54, 1.807) is 12.1 Å². The second-order valence-electron chi connectivity index (χ2n) is 7.32. The quantitative estimate of drug-likeness (QED) is 0.480. The number of carbonyl (C=O) groups is 1. The number of alkyl halides is 3. The summed E-state index contributed by atoms with van der Waals surface area (Å²) in [6, 6.07) is 9.57. The van der Waals surface area contributed by atoms with E-state index in [-0.39, 0.29) is 36.5 Å². The second-order valence-corrected chi connectivity index (χ2v) is 7.32. The fourth-order valence-corrected chi connectivity index (χ4v) is 3.47. The van der Waals surface area contributed by atoms with Crippen molar-refractivity contribution in [1.29, 1.82) is 5.26 Å². The highest BCUT2D eigenvalue weighted by atomic mass is 19.4. The molecule has 1 amide bonds. The molecular weight excluding hydrogens is 445 g/mol. The fraction of sp³-hybridized carbons (Fsp3) is 0.174. The first-order valence-electron chi connectivity index (χ1n) is 9.63. The number of rotatable bonds is 5. The lowest BCUT2D eigenvalue weighted by atomic mass is 10.1. The van der Waals surface area contributed by atoms with Crippen molar-refractivity contribution in [2.24, 2.45) is 0 Å². The Morgan fingerprint density at radius 2 is 1.88 bits per heavy atom. The van der Waals surface area contributed by atoms with Gasteiger partial charge in [0.25, 0.3) is 5.91 Å². The van der Waals surface area contributed by atoms with E-state index in [1.807, 2.05) is 6.07 Å². The van der Waals surface area contributed by atoms with Gasteiger partial charge in [-0.25, -0.2) is 13.8 Å². The van der Waals surface area contributed by atoms with Crippen molar-refractivity contribution in [2.75, 3.05) is 0 Å². The highest BCUT2D eigenvalue weighted by molar-refractivity contribution is 6.00. The van der Waals surface area contributed by atoms with Gasteiger partial charge in [-0.3, -0.25) is 4.79 Å². The molecule has 33 heavy (non-hydrogen) atoms. The molecule has 5 nitrogen and oxygen atoms in total. The SMILES string of the molecule is N#CCc1ccc(CN2Cc3ccnc(Oc4ccc(C(F)(F)F)cc4F)c3C2=O)c(F)c1. The number of hydrogen-bond acceptors (Lipinski definition) is 4. The Morgan fingerprint density at radius 1 is 1.09 bits per heavy atom. The summed E-state index contributed by atoms with van der Waals surface area (Å²) >= 11 is 0. The Kier molecular flexibility index (Phi) is 5.72. The first-order valence-corrected chi connectivity index (χ1v) is 9.63. The van der Waals surface area contributed by atoms with Crippen molar-refractivity contribution in [3.8, 4) is 17.7 Å². The molecule has 3 aromatic rings. The lowest BCUT2D eigenvalue weighted by molar-refractivity contribution is -0.137. The van der Waals surface area contributed by atoms with Crippen LogP contribution >= 0.6 is 0 Å². The van der Waals surface area contributed by atoms with Crippen molar-refractivity contribution < 1.29 is 31.5 Å². The molecule has 0 spiro atoms. The van der Waals surface area contributed by atoms with Crippen LogP contribution in [0.5, 0.6) is 11.6 Å². The van der Waals surface area contributed by atoms with Crippen molar-refractivity contribution in [2.45, 2.75) is 25.7 Å². The van der Waals surface area contributed by atoms with Gasteiger partial charge in [-0.1, -0.05) is 12.1 Å². The van der Waals surface area contributed by atoms with Crippen molar-refractivity contribution >= 4 is 5.91 Å². The molecule has 2 heterocycles. The van der Waals surface area contributed by atoms with Gasteiger partial charge in [0.15, 0.2) is 11.6 Å². The van der Waals surface area contributed by atoms with Gasteiger partial charge in [0.05, 0.1) is 18.1 Å². The first-order chi connectivity index (χ1) is 15.7. The number of nitriles is 1. The second kappa shape index (κ2) is 8.50. The molecule has 0 unspecified atom stereocenters. The van der Waals surface area contributed by atoms with Crippen LogP contribution in [0.1, 0.15) is 32.6 Å². The van der Waals surface area contributed by atoms with Crippen molar-refractivity contribution in [3.63, 3.8) is 0 Å².